The van der Waals surface area contributed by atoms with Crippen LogP contribution in [0.1, 0.15) is 41.5 Å². The molecule has 234 valence electrons. The van der Waals surface area contributed by atoms with Gasteiger partial charge in [-0.05, 0) is 85.5 Å². The van der Waals surface area contributed by atoms with Crippen LogP contribution in [0.2, 0.25) is 0 Å². The molecule has 1 N–H and O–H groups in total. The number of methoxy groups -OCH3 is 1. The van der Waals surface area contributed by atoms with E-state index >= 15 is 4.39 Å². The number of benzene rings is 2. The molecule has 0 spiro atoms. The molecule has 1 aromatic heterocycles. The molecule has 0 saturated carbocycles. The van der Waals surface area contributed by atoms with Crippen LogP contribution in [0.4, 0.5) is 10.2 Å². The zero-order valence-corrected chi connectivity index (χ0v) is 25.6. The number of rotatable bonds is 8. The number of hydrogen-bond acceptors (Lipinski definition) is 7. The topological polar surface area (TPSA) is 84.4 Å². The number of carbonyl (C=O) groups is 1. The van der Waals surface area contributed by atoms with Gasteiger partial charge in [-0.1, -0.05) is 24.3 Å². The van der Waals surface area contributed by atoms with Gasteiger partial charge in [-0.15, -0.1) is 0 Å². The van der Waals surface area contributed by atoms with Gasteiger partial charge in [0.1, 0.15) is 24.0 Å². The normalized spacial score (nSPS) is 21.5. The van der Waals surface area contributed by atoms with E-state index in [0.717, 1.165) is 97.1 Å². The number of ether oxygens (including phenoxy) is 3. The number of nitrogens with zero attached hydrogens (tertiary/aromatic N) is 3. The Kier molecular flexibility index (Phi) is 9.44. The van der Waals surface area contributed by atoms with Crippen molar-refractivity contribution in [1.82, 2.24) is 9.88 Å². The van der Waals surface area contributed by atoms with Crippen molar-refractivity contribution in [3.8, 4) is 17.0 Å². The Labute approximate surface area is 258 Å². The molecule has 2 atom stereocenters. The summed E-state index contributed by atoms with van der Waals surface area (Å²) >= 11 is 0. The van der Waals surface area contributed by atoms with Gasteiger partial charge in [0.2, 0.25) is 0 Å². The molecule has 3 aliphatic heterocycles. The predicted octanol–water partition coefficient (Wildman–Crippen LogP) is 5.28. The SMILES string of the molecule is CO[C@H]1CN(c2cccc(-c3cccc(C)c3OCc3cc(F)c4c(c3)CCN(C3CCOCC3)CC4)n2)CC[C@H]1C(=O)O. The maximum absolute atomic E-state index is 15.4. The van der Waals surface area contributed by atoms with E-state index in [1.165, 1.54) is 0 Å². The molecule has 0 aliphatic carbocycles. The summed E-state index contributed by atoms with van der Waals surface area (Å²) in [7, 11) is 1.56. The molecule has 3 aliphatic rings. The van der Waals surface area contributed by atoms with E-state index in [9.17, 15) is 9.90 Å². The van der Waals surface area contributed by atoms with Gasteiger partial charge in [-0.2, -0.15) is 0 Å². The molecular weight excluding hydrogens is 561 g/mol. The number of carboxylic acid groups (broad SMARTS) is 1. The summed E-state index contributed by atoms with van der Waals surface area (Å²) in [6, 6.07) is 16.1. The van der Waals surface area contributed by atoms with Crippen LogP contribution in [0, 0.1) is 18.7 Å². The van der Waals surface area contributed by atoms with Crippen molar-refractivity contribution in [2.75, 3.05) is 51.4 Å². The zero-order chi connectivity index (χ0) is 30.6. The highest BCUT2D eigenvalue weighted by molar-refractivity contribution is 5.72. The molecule has 0 unspecified atom stereocenters. The number of anilines is 1. The summed E-state index contributed by atoms with van der Waals surface area (Å²) in [5.74, 6) is -0.0117. The summed E-state index contributed by atoms with van der Waals surface area (Å²) in [5.41, 5.74) is 5.33. The molecule has 0 radical (unpaired) electrons. The van der Waals surface area contributed by atoms with Gasteiger partial charge in [0.15, 0.2) is 0 Å². The number of halogens is 1. The van der Waals surface area contributed by atoms with Gasteiger partial charge in [-0.25, -0.2) is 9.37 Å². The van der Waals surface area contributed by atoms with Crippen LogP contribution in [-0.2, 0) is 33.7 Å². The van der Waals surface area contributed by atoms with Gasteiger partial charge in [0.25, 0.3) is 0 Å². The first kappa shape index (κ1) is 30.5. The van der Waals surface area contributed by atoms with Crippen LogP contribution in [0.3, 0.4) is 0 Å². The minimum absolute atomic E-state index is 0.143. The number of aliphatic carboxylic acids is 1. The minimum atomic E-state index is -0.828. The van der Waals surface area contributed by atoms with Crippen LogP contribution in [0.25, 0.3) is 11.3 Å². The largest absolute Gasteiger partial charge is 0.488 e. The molecule has 2 fully saturated rings. The lowest BCUT2D eigenvalue weighted by atomic mass is 9.94. The summed E-state index contributed by atoms with van der Waals surface area (Å²) in [5, 5.41) is 9.57. The molecular formula is C35H42FN3O5. The Morgan fingerprint density at radius 2 is 1.86 bits per heavy atom. The number of aryl methyl sites for hydroxylation is 1. The number of para-hydroxylation sites is 1. The summed E-state index contributed by atoms with van der Waals surface area (Å²) in [6.45, 7) is 6.74. The maximum Gasteiger partial charge on any atom is 0.309 e. The molecule has 9 heteroatoms. The summed E-state index contributed by atoms with van der Waals surface area (Å²) < 4.78 is 32.9. The molecule has 8 nitrogen and oxygen atoms in total. The third kappa shape index (κ3) is 6.60. The fourth-order valence-electron chi connectivity index (χ4n) is 6.99. The van der Waals surface area contributed by atoms with E-state index in [4.69, 9.17) is 19.2 Å². The average Bonchev–Trinajstić information content (AvgIpc) is 3.27. The van der Waals surface area contributed by atoms with Crippen LogP contribution in [0.5, 0.6) is 5.75 Å². The van der Waals surface area contributed by atoms with Crippen LogP contribution < -0.4 is 9.64 Å². The van der Waals surface area contributed by atoms with Crippen molar-refractivity contribution < 1.29 is 28.5 Å². The number of aromatic nitrogens is 1. The van der Waals surface area contributed by atoms with E-state index < -0.39 is 18.0 Å². The van der Waals surface area contributed by atoms with Crippen molar-refractivity contribution in [2.45, 2.75) is 57.8 Å². The number of piperidine rings is 1. The van der Waals surface area contributed by atoms with E-state index in [-0.39, 0.29) is 12.4 Å². The van der Waals surface area contributed by atoms with Crippen molar-refractivity contribution in [1.29, 1.82) is 0 Å². The minimum Gasteiger partial charge on any atom is -0.488 e. The Morgan fingerprint density at radius 1 is 1.07 bits per heavy atom. The molecule has 6 rings (SSSR count). The lowest BCUT2D eigenvalue weighted by Gasteiger charge is -2.36. The number of fused-ring (bicyclic) bond motifs is 1. The van der Waals surface area contributed by atoms with E-state index in [0.29, 0.717) is 25.6 Å². The highest BCUT2D eigenvalue weighted by atomic mass is 19.1. The number of hydrogen-bond donors (Lipinski definition) is 1. The second kappa shape index (κ2) is 13.6. The maximum atomic E-state index is 15.4. The quantitative estimate of drug-likeness (QED) is 0.373. The van der Waals surface area contributed by atoms with Gasteiger partial charge < -0.3 is 24.2 Å². The van der Waals surface area contributed by atoms with Gasteiger partial charge in [0, 0.05) is 58.1 Å². The van der Waals surface area contributed by atoms with Gasteiger partial charge in [-0.3, -0.25) is 9.69 Å². The predicted molar refractivity (Wildman–Crippen MR) is 167 cm³/mol. The van der Waals surface area contributed by atoms with E-state index in [1.54, 1.807) is 13.2 Å². The third-order valence-corrected chi connectivity index (χ3v) is 9.48. The van der Waals surface area contributed by atoms with E-state index in [1.807, 2.05) is 43.3 Å². The van der Waals surface area contributed by atoms with Crippen LogP contribution >= 0.6 is 0 Å². The van der Waals surface area contributed by atoms with Crippen molar-refractivity contribution in [2.24, 2.45) is 5.92 Å². The molecule has 3 aromatic rings. The second-order valence-electron chi connectivity index (χ2n) is 12.2. The summed E-state index contributed by atoms with van der Waals surface area (Å²) in [6.07, 6.45) is 3.73. The lowest BCUT2D eigenvalue weighted by Crippen LogP contribution is -2.47. The Bertz CT molecular complexity index is 1480. The monoisotopic (exact) mass is 603 g/mol. The molecule has 4 heterocycles. The van der Waals surface area contributed by atoms with Crippen LogP contribution in [0.15, 0.2) is 48.5 Å². The Balaban J connectivity index is 1.18. The molecule has 2 aromatic carbocycles. The van der Waals surface area contributed by atoms with Crippen LogP contribution in [-0.4, -0.2) is 79.6 Å². The lowest BCUT2D eigenvalue weighted by molar-refractivity contribution is -0.147. The first-order valence-corrected chi connectivity index (χ1v) is 15.7. The second-order valence-corrected chi connectivity index (χ2v) is 12.2. The van der Waals surface area contributed by atoms with Gasteiger partial charge >= 0.3 is 5.97 Å². The smallest absolute Gasteiger partial charge is 0.309 e. The highest BCUT2D eigenvalue weighted by Crippen LogP contribution is 2.35. The first-order chi connectivity index (χ1) is 21.4. The highest BCUT2D eigenvalue weighted by Gasteiger charge is 2.35. The van der Waals surface area contributed by atoms with E-state index in [2.05, 4.69) is 15.9 Å². The zero-order valence-electron chi connectivity index (χ0n) is 25.6. The Hall–Kier alpha value is -3.53. The fourth-order valence-corrected chi connectivity index (χ4v) is 6.99. The summed E-state index contributed by atoms with van der Waals surface area (Å²) in [4.78, 5) is 21.2. The van der Waals surface area contributed by atoms with Crippen molar-refractivity contribution >= 4 is 11.8 Å². The van der Waals surface area contributed by atoms with Gasteiger partial charge in [0.05, 0.1) is 17.7 Å². The third-order valence-electron chi connectivity index (χ3n) is 9.48. The van der Waals surface area contributed by atoms with Crippen molar-refractivity contribution in [3.63, 3.8) is 0 Å². The number of pyridine rings is 1. The van der Waals surface area contributed by atoms with Crippen molar-refractivity contribution in [3.05, 3.63) is 76.6 Å². The molecule has 44 heavy (non-hydrogen) atoms. The fraction of sp³-hybridized carbons (Fsp3) is 0.486. The average molecular weight is 604 g/mol. The molecule has 0 bridgehead atoms. The molecule has 0 amide bonds. The Morgan fingerprint density at radius 3 is 2.66 bits per heavy atom. The standard InChI is InChI=1S/C35H42FN3O5/c1-23-5-3-6-28(31-7-4-8-33(37-31)39-16-11-29(35(40)41)32(21-39)42-2)34(23)44-22-24-19-25-9-14-38(26-12-17-43-18-13-26)15-10-27(25)30(36)20-24/h3-8,19-20,26,29,32H,9-18,21-22H2,1-2H3,(H,40,41)/t29-,32+/m1/s1. The number of carboxylic acids is 1. The first-order valence-electron chi connectivity index (χ1n) is 15.7. The molecule has 2 saturated heterocycles.